The summed E-state index contributed by atoms with van der Waals surface area (Å²) in [6.07, 6.45) is 0. The molecule has 2 aromatic carbocycles. The second kappa shape index (κ2) is 7.23. The Morgan fingerprint density at radius 2 is 1.67 bits per heavy atom. The topological polar surface area (TPSA) is 66.9 Å². The zero-order chi connectivity index (χ0) is 16.9. The van der Waals surface area contributed by atoms with Crippen molar-refractivity contribution < 1.29 is 4.79 Å². The largest absolute Gasteiger partial charge is 0.338 e. The summed E-state index contributed by atoms with van der Waals surface area (Å²) in [5.74, 6) is 0.779. The van der Waals surface area contributed by atoms with Gasteiger partial charge < -0.3 is 10.6 Å². The van der Waals surface area contributed by atoms with E-state index in [1.807, 2.05) is 43.3 Å². The van der Waals surface area contributed by atoms with Crippen molar-refractivity contribution in [2.45, 2.75) is 6.92 Å². The van der Waals surface area contributed by atoms with E-state index in [9.17, 15) is 4.79 Å². The normalized spacial score (nSPS) is 10.2. The summed E-state index contributed by atoms with van der Waals surface area (Å²) in [5, 5.41) is 14.0. The zero-order valence-electron chi connectivity index (χ0n) is 13.0. The van der Waals surface area contributed by atoms with Gasteiger partial charge in [0.2, 0.25) is 0 Å². The molecule has 0 aliphatic rings. The highest BCUT2D eigenvalue weighted by Crippen LogP contribution is 2.26. The lowest BCUT2D eigenvalue weighted by Crippen LogP contribution is -2.13. The number of halogens is 1. The van der Waals surface area contributed by atoms with Crippen LogP contribution in [0.1, 0.15) is 15.9 Å². The third-order valence-corrected chi connectivity index (χ3v) is 3.99. The smallest absolute Gasteiger partial charge is 0.256 e. The maximum Gasteiger partial charge on any atom is 0.256 e. The maximum absolute atomic E-state index is 12.1. The van der Waals surface area contributed by atoms with Crippen molar-refractivity contribution in [2.75, 3.05) is 10.6 Å². The second-order valence-electron chi connectivity index (χ2n) is 5.23. The van der Waals surface area contributed by atoms with Gasteiger partial charge in [0.15, 0.2) is 11.6 Å². The van der Waals surface area contributed by atoms with E-state index in [0.29, 0.717) is 17.2 Å². The summed E-state index contributed by atoms with van der Waals surface area (Å²) < 4.78 is 0.950. The Balaban J connectivity index is 1.68. The number of nitrogens with one attached hydrogen (secondary N) is 2. The van der Waals surface area contributed by atoms with E-state index in [4.69, 9.17) is 0 Å². The standard InChI is InChI=1S/C18H15BrN4O/c1-12-7-8-15(14(19)11-12)20-16-9-10-17(23-22-16)21-18(24)13-5-3-2-4-6-13/h2-11H,1H3,(H,20,22)(H,21,23,24). The second-order valence-corrected chi connectivity index (χ2v) is 6.09. The Bertz CT molecular complexity index is 851. The summed E-state index contributed by atoms with van der Waals surface area (Å²) in [4.78, 5) is 12.1. The first-order valence-corrected chi connectivity index (χ1v) is 8.14. The predicted molar refractivity (Wildman–Crippen MR) is 98.6 cm³/mol. The molecule has 3 rings (SSSR count). The average molecular weight is 383 g/mol. The van der Waals surface area contributed by atoms with Crippen LogP contribution in [0.25, 0.3) is 0 Å². The fraction of sp³-hybridized carbons (Fsp3) is 0.0556. The van der Waals surface area contributed by atoms with Crippen molar-refractivity contribution in [1.29, 1.82) is 0 Å². The minimum absolute atomic E-state index is 0.216. The van der Waals surface area contributed by atoms with Crippen LogP contribution in [0.3, 0.4) is 0 Å². The van der Waals surface area contributed by atoms with Crippen molar-refractivity contribution in [3.05, 3.63) is 76.3 Å². The first-order chi connectivity index (χ1) is 11.6. The number of aryl methyl sites for hydroxylation is 1. The monoisotopic (exact) mass is 382 g/mol. The molecule has 0 radical (unpaired) electrons. The number of hydrogen-bond donors (Lipinski definition) is 2. The van der Waals surface area contributed by atoms with Crippen LogP contribution >= 0.6 is 15.9 Å². The van der Waals surface area contributed by atoms with Gasteiger partial charge >= 0.3 is 0 Å². The predicted octanol–water partition coefficient (Wildman–Crippen LogP) is 4.54. The van der Waals surface area contributed by atoms with Gasteiger partial charge in [0.1, 0.15) is 0 Å². The average Bonchev–Trinajstić information content (AvgIpc) is 2.60. The molecule has 0 aliphatic heterocycles. The van der Waals surface area contributed by atoms with Crippen LogP contribution in [-0.2, 0) is 0 Å². The van der Waals surface area contributed by atoms with Gasteiger partial charge in [-0.25, -0.2) is 0 Å². The number of carbonyl (C=O) groups excluding carboxylic acids is 1. The van der Waals surface area contributed by atoms with E-state index in [2.05, 4.69) is 36.8 Å². The Labute approximate surface area is 148 Å². The highest BCUT2D eigenvalue weighted by atomic mass is 79.9. The molecule has 0 aliphatic carbocycles. The number of rotatable bonds is 4. The van der Waals surface area contributed by atoms with E-state index in [1.54, 1.807) is 24.3 Å². The number of hydrogen-bond acceptors (Lipinski definition) is 4. The third-order valence-electron chi connectivity index (χ3n) is 3.33. The van der Waals surface area contributed by atoms with Crippen molar-refractivity contribution >= 4 is 39.2 Å². The molecule has 5 nitrogen and oxygen atoms in total. The molecule has 2 N–H and O–H groups in total. The summed E-state index contributed by atoms with van der Waals surface area (Å²) in [6, 6.07) is 18.4. The van der Waals surface area contributed by atoms with Gasteiger partial charge in [0.25, 0.3) is 5.91 Å². The number of benzene rings is 2. The lowest BCUT2D eigenvalue weighted by molar-refractivity contribution is 0.102. The van der Waals surface area contributed by atoms with Gasteiger partial charge in [0.05, 0.1) is 5.69 Å². The van der Waals surface area contributed by atoms with Crippen LogP contribution in [0.2, 0.25) is 0 Å². The van der Waals surface area contributed by atoms with Crippen LogP contribution in [-0.4, -0.2) is 16.1 Å². The molecular formula is C18H15BrN4O. The van der Waals surface area contributed by atoms with Crippen LogP contribution in [0.5, 0.6) is 0 Å². The molecule has 6 heteroatoms. The van der Waals surface area contributed by atoms with E-state index in [-0.39, 0.29) is 5.91 Å². The lowest BCUT2D eigenvalue weighted by Gasteiger charge is -2.09. The minimum atomic E-state index is -0.216. The fourth-order valence-electron chi connectivity index (χ4n) is 2.10. The summed E-state index contributed by atoms with van der Waals surface area (Å²) >= 11 is 3.51. The van der Waals surface area contributed by atoms with Crippen LogP contribution in [0.4, 0.5) is 17.3 Å². The Morgan fingerprint density at radius 3 is 2.33 bits per heavy atom. The van der Waals surface area contributed by atoms with Crippen molar-refractivity contribution in [3.63, 3.8) is 0 Å². The van der Waals surface area contributed by atoms with E-state index in [1.165, 1.54) is 0 Å². The first kappa shape index (κ1) is 16.1. The molecule has 1 heterocycles. The minimum Gasteiger partial charge on any atom is -0.338 e. The molecular weight excluding hydrogens is 368 g/mol. The molecule has 0 saturated carbocycles. The molecule has 0 unspecified atom stereocenters. The lowest BCUT2D eigenvalue weighted by atomic mass is 10.2. The van der Waals surface area contributed by atoms with Crippen LogP contribution in [0.15, 0.2) is 65.1 Å². The van der Waals surface area contributed by atoms with E-state index in [0.717, 1.165) is 15.7 Å². The Morgan fingerprint density at radius 1 is 0.958 bits per heavy atom. The quantitative estimate of drug-likeness (QED) is 0.694. The fourth-order valence-corrected chi connectivity index (χ4v) is 2.70. The zero-order valence-corrected chi connectivity index (χ0v) is 14.5. The summed E-state index contributed by atoms with van der Waals surface area (Å²) in [7, 11) is 0. The number of anilines is 3. The van der Waals surface area contributed by atoms with Crippen molar-refractivity contribution in [3.8, 4) is 0 Å². The molecule has 0 saturated heterocycles. The van der Waals surface area contributed by atoms with Gasteiger partial charge in [-0.3, -0.25) is 4.79 Å². The van der Waals surface area contributed by atoms with Gasteiger partial charge in [-0.15, -0.1) is 10.2 Å². The number of carbonyl (C=O) groups is 1. The Kier molecular flexibility index (Phi) is 4.86. The first-order valence-electron chi connectivity index (χ1n) is 7.35. The molecule has 1 aromatic heterocycles. The van der Waals surface area contributed by atoms with Crippen LogP contribution in [0, 0.1) is 6.92 Å². The van der Waals surface area contributed by atoms with Crippen molar-refractivity contribution in [1.82, 2.24) is 10.2 Å². The van der Waals surface area contributed by atoms with E-state index >= 15 is 0 Å². The van der Waals surface area contributed by atoms with Crippen LogP contribution < -0.4 is 10.6 Å². The maximum atomic E-state index is 12.1. The molecule has 1 amide bonds. The SMILES string of the molecule is Cc1ccc(Nc2ccc(NC(=O)c3ccccc3)nn2)c(Br)c1. The summed E-state index contributed by atoms with van der Waals surface area (Å²) in [6.45, 7) is 2.03. The molecule has 0 fully saturated rings. The van der Waals surface area contributed by atoms with Gasteiger partial charge in [-0.1, -0.05) is 24.3 Å². The van der Waals surface area contributed by atoms with E-state index < -0.39 is 0 Å². The Hall–Kier alpha value is -2.73. The molecule has 0 atom stereocenters. The molecule has 3 aromatic rings. The third kappa shape index (κ3) is 3.97. The van der Waals surface area contributed by atoms with Gasteiger partial charge in [0, 0.05) is 10.0 Å². The highest BCUT2D eigenvalue weighted by molar-refractivity contribution is 9.10. The molecule has 0 spiro atoms. The number of nitrogens with zero attached hydrogens (tertiary/aromatic N) is 2. The van der Waals surface area contributed by atoms with Gasteiger partial charge in [-0.05, 0) is 64.8 Å². The summed E-state index contributed by atoms with van der Waals surface area (Å²) in [5.41, 5.74) is 2.64. The highest BCUT2D eigenvalue weighted by Gasteiger charge is 2.07. The molecule has 120 valence electrons. The molecule has 0 bridgehead atoms. The van der Waals surface area contributed by atoms with Crippen molar-refractivity contribution in [2.24, 2.45) is 0 Å². The number of amides is 1. The van der Waals surface area contributed by atoms with Gasteiger partial charge in [-0.2, -0.15) is 0 Å². The number of aromatic nitrogens is 2. The molecule has 24 heavy (non-hydrogen) atoms.